The van der Waals surface area contributed by atoms with Crippen molar-refractivity contribution in [2.45, 2.75) is 43.7 Å². The molecule has 0 bridgehead atoms. The summed E-state index contributed by atoms with van der Waals surface area (Å²) in [6.45, 7) is 17.4. The van der Waals surface area contributed by atoms with Gasteiger partial charge in [-0.05, 0) is 37.4 Å². The number of halogens is 5. The van der Waals surface area contributed by atoms with Crippen LogP contribution < -0.4 is 20.1 Å². The van der Waals surface area contributed by atoms with E-state index in [-0.39, 0.29) is 90.7 Å². The van der Waals surface area contributed by atoms with Gasteiger partial charge in [0.2, 0.25) is 12.1 Å². The van der Waals surface area contributed by atoms with Gasteiger partial charge in [0.15, 0.2) is 11.6 Å². The highest BCUT2D eigenvalue weighted by Gasteiger charge is 2.46. The van der Waals surface area contributed by atoms with Crippen LogP contribution in [0, 0.1) is 18.2 Å². The summed E-state index contributed by atoms with van der Waals surface area (Å²) in [7, 11) is 0. The van der Waals surface area contributed by atoms with Gasteiger partial charge in [-0.3, -0.25) is 4.90 Å². The quantitative estimate of drug-likeness (QED) is 0.114. The third-order valence-corrected chi connectivity index (χ3v) is 10.6. The zero-order valence-electron chi connectivity index (χ0n) is 25.1. The molecule has 2 aromatic heterocycles. The molecule has 2 atom stereocenters. The smallest absolute Gasteiger partial charge is 0.319 e. The number of anilines is 2. The van der Waals surface area contributed by atoms with Gasteiger partial charge in [-0.1, -0.05) is 35.9 Å². The van der Waals surface area contributed by atoms with Crippen LogP contribution >= 0.6 is 22.9 Å². The van der Waals surface area contributed by atoms with E-state index in [1.54, 1.807) is 4.90 Å². The second kappa shape index (κ2) is 11.8. The number of rotatable bonds is 8. The molecule has 3 aliphatic heterocycles. The van der Waals surface area contributed by atoms with E-state index in [1.807, 2.05) is 0 Å². The highest BCUT2D eigenvalue weighted by atomic mass is 35.5. The number of nitrogens with zero attached hydrogens (tertiary/aromatic N) is 5. The summed E-state index contributed by atoms with van der Waals surface area (Å²) in [6.07, 6.45) is 1.04. The summed E-state index contributed by atoms with van der Waals surface area (Å²) >= 11 is 7.82. The predicted octanol–water partition coefficient (Wildman–Crippen LogP) is 8.16. The number of hydrogen-bond donors (Lipinski definition) is 1. The van der Waals surface area contributed by atoms with Crippen LogP contribution in [0.4, 0.5) is 34.1 Å². The van der Waals surface area contributed by atoms with Crippen LogP contribution in [0.2, 0.25) is 5.02 Å². The van der Waals surface area contributed by atoms with Gasteiger partial charge in [0.05, 0.1) is 38.3 Å². The Balaban J connectivity index is 1.47. The molecule has 3 aliphatic rings. The second-order valence-corrected chi connectivity index (χ2v) is 13.5. The normalized spacial score (nSPS) is 20.9. The van der Waals surface area contributed by atoms with E-state index in [2.05, 4.69) is 32.9 Å². The Morgan fingerprint density at radius 2 is 2.11 bits per heavy atom. The van der Waals surface area contributed by atoms with Crippen LogP contribution in [-0.4, -0.2) is 65.7 Å². The molecule has 2 N–H and O–H groups in total. The lowest BCUT2D eigenvalue weighted by atomic mass is 9.94. The lowest BCUT2D eigenvalue weighted by molar-refractivity contribution is 0.108. The Morgan fingerprint density at radius 3 is 2.85 bits per heavy atom. The third-order valence-electron chi connectivity index (χ3n) is 9.25. The maximum Gasteiger partial charge on any atom is 0.319 e. The molecule has 8 nitrogen and oxygen atoms in total. The fourth-order valence-electron chi connectivity index (χ4n) is 7.14. The van der Waals surface area contributed by atoms with Crippen molar-refractivity contribution in [3.63, 3.8) is 0 Å². The number of fused-ring (bicyclic) bond motifs is 2. The Morgan fingerprint density at radius 1 is 1.30 bits per heavy atom. The first-order chi connectivity index (χ1) is 22.6. The minimum absolute atomic E-state index is 0.0173. The highest BCUT2D eigenvalue weighted by molar-refractivity contribution is 7.23. The lowest BCUT2D eigenvalue weighted by Gasteiger charge is -2.31. The Kier molecular flexibility index (Phi) is 7.93. The second-order valence-electron chi connectivity index (χ2n) is 12.1. The molecule has 4 aromatic rings. The first-order valence-electron chi connectivity index (χ1n) is 15.0. The van der Waals surface area contributed by atoms with E-state index in [9.17, 15) is 13.2 Å². The Labute approximate surface area is 276 Å². The SMILES string of the molecule is [C-]#[N+]c1c(N)sc2c(F)ccc(-c3c(Cl)c4c5c(nc(OC[C@@]67CCCN6CC(=C)C7)nc5c3F)N(CCC(F)F)[C@H](C=C)CO4)c12. The van der Waals surface area contributed by atoms with E-state index in [0.29, 0.717) is 0 Å². The Hall–Kier alpha value is -4.12. The summed E-state index contributed by atoms with van der Waals surface area (Å²) < 4.78 is 71.6. The van der Waals surface area contributed by atoms with Gasteiger partial charge in [0.25, 0.3) is 0 Å². The van der Waals surface area contributed by atoms with Crippen molar-refractivity contribution in [3.05, 3.63) is 65.0 Å². The number of thiophene rings is 1. The van der Waals surface area contributed by atoms with Crippen LogP contribution in [0.25, 0.3) is 37.0 Å². The van der Waals surface area contributed by atoms with Crippen LogP contribution in [0.15, 0.2) is 36.9 Å². The average Bonchev–Trinajstić information content (AvgIpc) is 3.65. The van der Waals surface area contributed by atoms with Gasteiger partial charge in [-0.25, -0.2) is 22.4 Å². The lowest BCUT2D eigenvalue weighted by Crippen LogP contribution is -2.43. The topological polar surface area (TPSA) is 81.1 Å². The van der Waals surface area contributed by atoms with E-state index in [1.165, 1.54) is 12.1 Å². The number of nitrogens with two attached hydrogens (primary N) is 1. The summed E-state index contributed by atoms with van der Waals surface area (Å²) in [5.41, 5.74) is 6.55. The van der Waals surface area contributed by atoms with Gasteiger partial charge in [-0.15, -0.1) is 17.9 Å². The largest absolute Gasteiger partial charge is 0.489 e. The summed E-state index contributed by atoms with van der Waals surface area (Å²) in [6, 6.07) is 1.70. The van der Waals surface area contributed by atoms with Gasteiger partial charge >= 0.3 is 6.01 Å². The van der Waals surface area contributed by atoms with E-state index < -0.39 is 30.5 Å². The first-order valence-corrected chi connectivity index (χ1v) is 16.2. The molecule has 0 unspecified atom stereocenters. The molecule has 0 spiro atoms. The van der Waals surface area contributed by atoms with Crippen LogP contribution in [0.3, 0.4) is 0 Å². The minimum Gasteiger partial charge on any atom is -0.489 e. The zero-order chi connectivity index (χ0) is 33.2. The molecule has 0 amide bonds. The fraction of sp³-hybridized carbons (Fsp3) is 0.364. The number of hydrogen-bond acceptors (Lipinski definition) is 8. The van der Waals surface area contributed by atoms with Gasteiger partial charge in [0.1, 0.15) is 30.4 Å². The highest BCUT2D eigenvalue weighted by Crippen LogP contribution is 2.53. The van der Waals surface area contributed by atoms with Crippen molar-refractivity contribution < 1.29 is 27.0 Å². The molecule has 0 radical (unpaired) electrons. The monoisotopic (exact) mass is 684 g/mol. The molecule has 2 saturated heterocycles. The van der Waals surface area contributed by atoms with Gasteiger partial charge in [0, 0.05) is 30.5 Å². The first kappa shape index (κ1) is 31.5. The van der Waals surface area contributed by atoms with Crippen molar-refractivity contribution >= 4 is 60.4 Å². The average molecular weight is 685 g/mol. The predicted molar refractivity (Wildman–Crippen MR) is 176 cm³/mol. The van der Waals surface area contributed by atoms with Crippen LogP contribution in [-0.2, 0) is 0 Å². The molecule has 0 aliphatic carbocycles. The number of benzene rings is 2. The van der Waals surface area contributed by atoms with E-state index in [4.69, 9.17) is 33.4 Å². The van der Waals surface area contributed by atoms with Crippen LogP contribution in [0.5, 0.6) is 11.8 Å². The molecule has 244 valence electrons. The van der Waals surface area contributed by atoms with E-state index >= 15 is 4.39 Å². The molecule has 14 heteroatoms. The van der Waals surface area contributed by atoms with Crippen molar-refractivity contribution in [1.82, 2.24) is 14.9 Å². The van der Waals surface area contributed by atoms with Crippen molar-refractivity contribution in [2.24, 2.45) is 0 Å². The summed E-state index contributed by atoms with van der Waals surface area (Å²) in [4.78, 5) is 16.6. The standard InChI is InChI=1S/C33H29ClF4N6O2S/c1-4-17-14-45-28-23-26(25(38)21(24(28)34)18-6-7-19(35)29-22(18)27(40-3)30(39)47-29)41-32(42-31(23)44(17)11-8-20(36)37)46-15-33-9-5-10-43(33)13-16(2)12-33/h4,6-7,17,20H,1-2,5,8-15,39H2/t17-,33+/m1/s1. The van der Waals surface area contributed by atoms with Crippen LogP contribution in [0.1, 0.15) is 25.7 Å². The maximum absolute atomic E-state index is 17.1. The van der Waals surface area contributed by atoms with Crippen molar-refractivity contribution in [1.29, 1.82) is 0 Å². The Bertz CT molecular complexity index is 2020. The molecule has 5 heterocycles. The maximum atomic E-state index is 17.1. The summed E-state index contributed by atoms with van der Waals surface area (Å²) in [5.74, 6) is -1.40. The molecular formula is C33H29ClF4N6O2S. The van der Waals surface area contributed by atoms with E-state index in [0.717, 1.165) is 55.3 Å². The zero-order valence-corrected chi connectivity index (χ0v) is 26.7. The number of nitrogen functional groups attached to an aromatic ring is 1. The number of alkyl halides is 2. The molecule has 0 saturated carbocycles. The molecule has 47 heavy (non-hydrogen) atoms. The van der Waals surface area contributed by atoms with Crippen molar-refractivity contribution in [3.8, 4) is 22.9 Å². The third kappa shape index (κ3) is 5.05. The molecular weight excluding hydrogens is 656 g/mol. The molecule has 2 aromatic carbocycles. The fourth-order valence-corrected chi connectivity index (χ4v) is 8.41. The molecule has 7 rings (SSSR count). The summed E-state index contributed by atoms with van der Waals surface area (Å²) in [5, 5.41) is 0.0849. The number of aromatic nitrogens is 2. The van der Waals surface area contributed by atoms with Gasteiger partial charge < -0.3 is 20.1 Å². The number of ether oxygens (including phenoxy) is 2. The van der Waals surface area contributed by atoms with Gasteiger partial charge in [-0.2, -0.15) is 9.97 Å². The van der Waals surface area contributed by atoms with Crippen molar-refractivity contribution in [2.75, 3.05) is 43.5 Å². The minimum atomic E-state index is -2.61. The molecule has 2 fully saturated rings.